The minimum atomic E-state index is 0.509. The van der Waals surface area contributed by atoms with Crippen LogP contribution in [0.4, 0.5) is 0 Å². The van der Waals surface area contributed by atoms with E-state index in [-0.39, 0.29) is 0 Å². The summed E-state index contributed by atoms with van der Waals surface area (Å²) in [6, 6.07) is 8.58. The quantitative estimate of drug-likeness (QED) is 0.449. The number of aliphatic imine (C=N–C) groups is 1. The SMILES string of the molecule is C=CCOc1ccccc1CNC(=NC)NC1CCCC(SC)C1. The first kappa shape index (κ1) is 18.7. The molecule has 1 aliphatic rings. The van der Waals surface area contributed by atoms with Crippen LogP contribution in [0.25, 0.3) is 0 Å². The number of guanidine groups is 1. The largest absolute Gasteiger partial charge is 0.489 e. The molecule has 0 aliphatic heterocycles. The lowest BCUT2D eigenvalue weighted by Crippen LogP contribution is -2.45. The summed E-state index contributed by atoms with van der Waals surface area (Å²) in [4.78, 5) is 4.37. The van der Waals surface area contributed by atoms with Crippen LogP contribution in [0.2, 0.25) is 0 Å². The number of benzene rings is 1. The molecule has 0 radical (unpaired) electrons. The summed E-state index contributed by atoms with van der Waals surface area (Å²) in [7, 11) is 1.82. The predicted molar refractivity (Wildman–Crippen MR) is 105 cm³/mol. The predicted octanol–water partition coefficient (Wildman–Crippen LogP) is 3.59. The molecule has 1 saturated carbocycles. The van der Waals surface area contributed by atoms with E-state index < -0.39 is 0 Å². The maximum absolute atomic E-state index is 5.71. The van der Waals surface area contributed by atoms with Gasteiger partial charge in [-0.3, -0.25) is 4.99 Å². The standard InChI is InChI=1S/C19H29N3OS/c1-4-12-23-18-11-6-5-8-15(18)14-21-19(20-2)22-16-9-7-10-17(13-16)24-3/h4-6,8,11,16-17H,1,7,9-10,12-14H2,2-3H3,(H2,20,21,22). The fourth-order valence-electron chi connectivity index (χ4n) is 3.00. The topological polar surface area (TPSA) is 45.6 Å². The Kier molecular flexibility index (Phi) is 8.02. The van der Waals surface area contributed by atoms with Crippen LogP contribution >= 0.6 is 11.8 Å². The normalized spacial score (nSPS) is 21.2. The van der Waals surface area contributed by atoms with Crippen molar-refractivity contribution in [2.75, 3.05) is 19.9 Å². The minimum Gasteiger partial charge on any atom is -0.489 e. The van der Waals surface area contributed by atoms with Gasteiger partial charge in [-0.25, -0.2) is 0 Å². The number of rotatable bonds is 7. The third-order valence-corrected chi connectivity index (χ3v) is 5.39. The number of nitrogens with zero attached hydrogens (tertiary/aromatic N) is 1. The second-order valence-corrected chi connectivity index (χ2v) is 7.14. The molecule has 1 aliphatic carbocycles. The average molecular weight is 348 g/mol. The Balaban J connectivity index is 1.88. The van der Waals surface area contributed by atoms with E-state index in [2.05, 4.69) is 34.5 Å². The summed E-state index contributed by atoms with van der Waals surface area (Å²) in [6.07, 6.45) is 9.02. The Hall–Kier alpha value is -1.62. The maximum atomic E-state index is 5.71. The molecule has 132 valence electrons. The number of hydrogen-bond acceptors (Lipinski definition) is 3. The zero-order valence-corrected chi connectivity index (χ0v) is 15.6. The number of hydrogen-bond donors (Lipinski definition) is 2. The van der Waals surface area contributed by atoms with Crippen molar-refractivity contribution in [2.24, 2.45) is 4.99 Å². The van der Waals surface area contributed by atoms with Crippen LogP contribution in [-0.2, 0) is 6.54 Å². The fourth-order valence-corrected chi connectivity index (χ4v) is 3.82. The van der Waals surface area contributed by atoms with Crippen LogP contribution in [0.15, 0.2) is 41.9 Å². The second kappa shape index (κ2) is 10.3. The summed E-state index contributed by atoms with van der Waals surface area (Å²) in [5.74, 6) is 1.75. The molecule has 2 rings (SSSR count). The third-order valence-electron chi connectivity index (χ3n) is 4.30. The molecule has 1 fully saturated rings. The van der Waals surface area contributed by atoms with Gasteiger partial charge in [-0.15, -0.1) is 0 Å². The Morgan fingerprint density at radius 3 is 3.00 bits per heavy atom. The summed E-state index contributed by atoms with van der Waals surface area (Å²) in [6.45, 7) is 4.90. The summed E-state index contributed by atoms with van der Waals surface area (Å²) in [5.41, 5.74) is 1.12. The first-order valence-corrected chi connectivity index (χ1v) is 9.87. The van der Waals surface area contributed by atoms with Crippen molar-refractivity contribution in [2.45, 2.75) is 43.5 Å². The van der Waals surface area contributed by atoms with Gasteiger partial charge in [0.1, 0.15) is 12.4 Å². The highest BCUT2D eigenvalue weighted by Gasteiger charge is 2.21. The molecular formula is C19H29N3OS. The molecule has 1 aromatic rings. The van der Waals surface area contributed by atoms with Crippen LogP contribution in [0, 0.1) is 0 Å². The molecule has 5 heteroatoms. The Labute approximate surface area is 150 Å². The highest BCUT2D eigenvalue weighted by molar-refractivity contribution is 7.99. The molecule has 0 aromatic heterocycles. The van der Waals surface area contributed by atoms with Crippen LogP contribution in [-0.4, -0.2) is 37.2 Å². The molecule has 0 amide bonds. The van der Waals surface area contributed by atoms with E-state index in [9.17, 15) is 0 Å². The van der Waals surface area contributed by atoms with Crippen molar-refractivity contribution in [3.8, 4) is 5.75 Å². The molecular weight excluding hydrogens is 318 g/mol. The Bertz CT molecular complexity index is 547. The van der Waals surface area contributed by atoms with Gasteiger partial charge in [0.05, 0.1) is 0 Å². The van der Waals surface area contributed by atoms with Gasteiger partial charge in [0, 0.05) is 30.4 Å². The molecule has 0 spiro atoms. The molecule has 0 saturated heterocycles. The van der Waals surface area contributed by atoms with Crippen LogP contribution in [0.3, 0.4) is 0 Å². The van der Waals surface area contributed by atoms with Gasteiger partial charge >= 0.3 is 0 Å². The lowest BCUT2D eigenvalue weighted by Gasteiger charge is -2.30. The first-order valence-electron chi connectivity index (χ1n) is 8.58. The van der Waals surface area contributed by atoms with E-state index >= 15 is 0 Å². The fraction of sp³-hybridized carbons (Fsp3) is 0.526. The average Bonchev–Trinajstić information content (AvgIpc) is 2.64. The van der Waals surface area contributed by atoms with Crippen LogP contribution in [0.5, 0.6) is 5.75 Å². The number of ether oxygens (including phenoxy) is 1. The summed E-state index contributed by atoms with van der Waals surface area (Å²) < 4.78 is 5.71. The molecule has 0 bridgehead atoms. The van der Waals surface area contributed by atoms with Crippen molar-refractivity contribution in [1.82, 2.24) is 10.6 Å². The van der Waals surface area contributed by atoms with E-state index in [1.807, 2.05) is 37.0 Å². The van der Waals surface area contributed by atoms with E-state index in [1.54, 1.807) is 6.08 Å². The van der Waals surface area contributed by atoms with E-state index in [0.29, 0.717) is 19.2 Å². The van der Waals surface area contributed by atoms with Crippen molar-refractivity contribution < 1.29 is 4.74 Å². The molecule has 4 nitrogen and oxygen atoms in total. The molecule has 24 heavy (non-hydrogen) atoms. The second-order valence-electron chi connectivity index (χ2n) is 6.00. The van der Waals surface area contributed by atoms with E-state index in [1.165, 1.54) is 25.7 Å². The monoisotopic (exact) mass is 347 g/mol. The molecule has 2 N–H and O–H groups in total. The van der Waals surface area contributed by atoms with Crippen molar-refractivity contribution >= 4 is 17.7 Å². The minimum absolute atomic E-state index is 0.509. The Morgan fingerprint density at radius 2 is 2.25 bits per heavy atom. The lowest BCUT2D eigenvalue weighted by molar-refractivity contribution is 0.358. The van der Waals surface area contributed by atoms with Gasteiger partial charge in [0.2, 0.25) is 0 Å². The molecule has 0 heterocycles. The lowest BCUT2D eigenvalue weighted by atomic mass is 9.95. The van der Waals surface area contributed by atoms with Crippen molar-refractivity contribution in [3.63, 3.8) is 0 Å². The first-order chi connectivity index (χ1) is 11.8. The van der Waals surface area contributed by atoms with Crippen LogP contribution < -0.4 is 15.4 Å². The van der Waals surface area contributed by atoms with Gasteiger partial charge in [-0.2, -0.15) is 11.8 Å². The molecule has 2 atom stereocenters. The molecule has 1 aromatic carbocycles. The van der Waals surface area contributed by atoms with Crippen molar-refractivity contribution in [1.29, 1.82) is 0 Å². The smallest absolute Gasteiger partial charge is 0.191 e. The van der Waals surface area contributed by atoms with Gasteiger partial charge in [0.15, 0.2) is 5.96 Å². The maximum Gasteiger partial charge on any atom is 0.191 e. The van der Waals surface area contributed by atoms with Gasteiger partial charge < -0.3 is 15.4 Å². The van der Waals surface area contributed by atoms with Crippen molar-refractivity contribution in [3.05, 3.63) is 42.5 Å². The number of nitrogens with one attached hydrogen (secondary N) is 2. The van der Waals surface area contributed by atoms with E-state index in [0.717, 1.165) is 22.5 Å². The van der Waals surface area contributed by atoms with Gasteiger partial charge in [-0.05, 0) is 31.6 Å². The Morgan fingerprint density at radius 1 is 1.42 bits per heavy atom. The highest BCUT2D eigenvalue weighted by Crippen LogP contribution is 2.26. The summed E-state index contributed by atoms with van der Waals surface area (Å²) in [5, 5.41) is 7.75. The van der Waals surface area contributed by atoms with Crippen LogP contribution in [0.1, 0.15) is 31.2 Å². The zero-order valence-electron chi connectivity index (χ0n) is 14.8. The number of thioether (sulfide) groups is 1. The van der Waals surface area contributed by atoms with Gasteiger partial charge in [0.25, 0.3) is 0 Å². The highest BCUT2D eigenvalue weighted by atomic mass is 32.2. The van der Waals surface area contributed by atoms with Gasteiger partial charge in [-0.1, -0.05) is 37.3 Å². The third kappa shape index (κ3) is 5.78. The molecule has 2 unspecified atom stereocenters. The zero-order chi connectivity index (χ0) is 17.2. The van der Waals surface area contributed by atoms with E-state index in [4.69, 9.17) is 4.74 Å². The summed E-state index contributed by atoms with van der Waals surface area (Å²) >= 11 is 1.98. The number of para-hydroxylation sites is 1.